The normalized spacial score (nSPS) is 18.5. The van der Waals surface area contributed by atoms with Crippen molar-refractivity contribution in [3.63, 3.8) is 0 Å². The number of aryl methyl sites for hydroxylation is 1. The first kappa shape index (κ1) is 11.9. The van der Waals surface area contributed by atoms with Gasteiger partial charge in [-0.2, -0.15) is 0 Å². The third kappa shape index (κ3) is 2.43. The molecule has 0 aromatic heterocycles. The van der Waals surface area contributed by atoms with Crippen LogP contribution in [0, 0.1) is 0 Å². The Morgan fingerprint density at radius 3 is 2.80 bits per heavy atom. The Labute approximate surface area is 89.4 Å². The second-order valence-corrected chi connectivity index (χ2v) is 3.45. The Kier molecular flexibility index (Phi) is 4.46. The Morgan fingerprint density at radius 1 is 1.40 bits per heavy atom. The summed E-state index contributed by atoms with van der Waals surface area (Å²) in [5.41, 5.74) is 2.62. The van der Waals surface area contributed by atoms with E-state index in [0.717, 1.165) is 43.8 Å². The van der Waals surface area contributed by atoms with E-state index in [4.69, 9.17) is 5.11 Å². The van der Waals surface area contributed by atoms with E-state index in [1.165, 1.54) is 0 Å². The number of benzene rings is 1. The summed E-state index contributed by atoms with van der Waals surface area (Å²) >= 11 is 0. The van der Waals surface area contributed by atoms with E-state index in [-0.39, 0.29) is 0 Å². The second-order valence-electron chi connectivity index (χ2n) is 3.45. The quantitative estimate of drug-likeness (QED) is 0.687. The smallest absolute Gasteiger partial charge is 0.150 e. The van der Waals surface area contributed by atoms with Crippen LogP contribution >= 0.6 is 0 Å². The summed E-state index contributed by atoms with van der Waals surface area (Å²) in [5.74, 6) is 0. The van der Waals surface area contributed by atoms with Crippen LogP contribution in [0.4, 0.5) is 0 Å². The van der Waals surface area contributed by atoms with Gasteiger partial charge >= 0.3 is 0 Å². The van der Waals surface area contributed by atoms with Crippen molar-refractivity contribution in [2.75, 3.05) is 7.11 Å². The van der Waals surface area contributed by atoms with Gasteiger partial charge in [0, 0.05) is 12.7 Å². The van der Waals surface area contributed by atoms with Crippen molar-refractivity contribution in [1.29, 1.82) is 0 Å². The monoisotopic (exact) mass is 208 g/mol. The van der Waals surface area contributed by atoms with E-state index >= 15 is 0 Å². The summed E-state index contributed by atoms with van der Waals surface area (Å²) in [5, 5.41) is 16.7. The molecule has 15 heavy (non-hydrogen) atoms. The molecule has 0 saturated carbocycles. The average Bonchev–Trinajstić information content (AvgIpc) is 2.31. The maximum atomic E-state index is 10.7. The van der Waals surface area contributed by atoms with Crippen molar-refractivity contribution in [2.45, 2.75) is 25.4 Å². The molecule has 0 spiro atoms. The minimum absolute atomic E-state index is 0.440. The van der Waals surface area contributed by atoms with Crippen molar-refractivity contribution >= 4 is 6.29 Å². The Hall–Kier alpha value is -1.19. The fourth-order valence-electron chi connectivity index (χ4n) is 1.99. The van der Waals surface area contributed by atoms with Crippen LogP contribution < -0.4 is 0 Å². The fourth-order valence-corrected chi connectivity index (χ4v) is 1.99. The van der Waals surface area contributed by atoms with Crippen LogP contribution in [0.1, 0.15) is 40.4 Å². The topological polar surface area (TPSA) is 57.5 Å². The van der Waals surface area contributed by atoms with Crippen molar-refractivity contribution < 1.29 is 15.0 Å². The molecule has 0 amide bonds. The average molecular weight is 208 g/mol. The van der Waals surface area contributed by atoms with Gasteiger partial charge in [-0.05, 0) is 30.4 Å². The molecule has 0 saturated heterocycles. The number of hydrogen-bond donors (Lipinski definition) is 2. The number of carbonyl (C=O) groups excluding carboxylic acids is 1. The van der Waals surface area contributed by atoms with Gasteiger partial charge in [-0.1, -0.05) is 18.2 Å². The standard InChI is InChI=1S/C11H12O2.CH4O/c12-7-9-5-1-3-8-4-2-6-10(13)11(8)9;1-2/h1,3,5,7,10,13H,2,4,6H2;2H,1H3. The third-order valence-electron chi connectivity index (χ3n) is 2.61. The van der Waals surface area contributed by atoms with E-state index in [1.54, 1.807) is 6.07 Å². The largest absolute Gasteiger partial charge is 0.400 e. The number of aldehydes is 1. The molecule has 1 aromatic rings. The fraction of sp³-hybridized carbons (Fsp3) is 0.417. The summed E-state index contributed by atoms with van der Waals surface area (Å²) in [6.45, 7) is 0. The zero-order valence-corrected chi connectivity index (χ0v) is 8.81. The number of aliphatic hydroxyl groups excluding tert-OH is 2. The molecule has 0 aliphatic heterocycles. The number of fused-ring (bicyclic) bond motifs is 1. The van der Waals surface area contributed by atoms with Crippen LogP contribution in [0.25, 0.3) is 0 Å². The molecular weight excluding hydrogens is 192 g/mol. The molecule has 0 fully saturated rings. The lowest BCUT2D eigenvalue weighted by atomic mass is 9.86. The summed E-state index contributed by atoms with van der Waals surface area (Å²) < 4.78 is 0. The highest BCUT2D eigenvalue weighted by molar-refractivity contribution is 5.78. The van der Waals surface area contributed by atoms with E-state index in [1.807, 2.05) is 12.1 Å². The van der Waals surface area contributed by atoms with Crippen molar-refractivity contribution in [1.82, 2.24) is 0 Å². The molecule has 3 nitrogen and oxygen atoms in total. The molecule has 82 valence electrons. The van der Waals surface area contributed by atoms with Gasteiger partial charge in [-0.15, -0.1) is 0 Å². The van der Waals surface area contributed by atoms with Gasteiger partial charge in [-0.3, -0.25) is 4.79 Å². The van der Waals surface area contributed by atoms with Gasteiger partial charge in [0.2, 0.25) is 0 Å². The first-order valence-corrected chi connectivity index (χ1v) is 5.02. The molecule has 2 rings (SSSR count). The zero-order chi connectivity index (χ0) is 11.3. The highest BCUT2D eigenvalue weighted by Crippen LogP contribution is 2.31. The molecule has 0 heterocycles. The van der Waals surface area contributed by atoms with Crippen LogP contribution in [0.15, 0.2) is 18.2 Å². The lowest BCUT2D eigenvalue weighted by molar-refractivity contribution is 0.111. The lowest BCUT2D eigenvalue weighted by Crippen LogP contribution is -2.11. The van der Waals surface area contributed by atoms with Gasteiger partial charge in [0.15, 0.2) is 0 Å². The minimum atomic E-state index is -0.440. The predicted molar refractivity (Wildman–Crippen MR) is 57.9 cm³/mol. The van der Waals surface area contributed by atoms with E-state index in [9.17, 15) is 9.90 Å². The molecule has 1 aliphatic rings. The van der Waals surface area contributed by atoms with Crippen LogP contribution in [-0.4, -0.2) is 23.6 Å². The highest BCUT2D eigenvalue weighted by Gasteiger charge is 2.20. The second kappa shape index (κ2) is 5.63. The molecule has 1 aromatic carbocycles. The Bertz CT molecular complexity index is 334. The molecule has 3 heteroatoms. The molecule has 0 bridgehead atoms. The Morgan fingerprint density at radius 2 is 2.13 bits per heavy atom. The molecule has 1 unspecified atom stereocenters. The molecule has 0 radical (unpaired) electrons. The summed E-state index contributed by atoms with van der Waals surface area (Å²) in [6, 6.07) is 5.63. The van der Waals surface area contributed by atoms with Gasteiger partial charge < -0.3 is 10.2 Å². The third-order valence-corrected chi connectivity index (χ3v) is 2.61. The summed E-state index contributed by atoms with van der Waals surface area (Å²) in [7, 11) is 1.00. The van der Waals surface area contributed by atoms with E-state index in [2.05, 4.69) is 0 Å². The van der Waals surface area contributed by atoms with Crippen LogP contribution in [0.2, 0.25) is 0 Å². The van der Waals surface area contributed by atoms with Gasteiger partial charge in [0.25, 0.3) is 0 Å². The van der Waals surface area contributed by atoms with Gasteiger partial charge in [0.1, 0.15) is 6.29 Å². The Balaban J connectivity index is 0.000000531. The number of carbonyl (C=O) groups is 1. The number of aliphatic hydroxyl groups is 2. The first-order chi connectivity index (χ1) is 7.33. The van der Waals surface area contributed by atoms with Crippen LogP contribution in [-0.2, 0) is 6.42 Å². The predicted octanol–water partition coefficient (Wildman–Crippen LogP) is 1.48. The number of rotatable bonds is 1. The van der Waals surface area contributed by atoms with Gasteiger partial charge in [0.05, 0.1) is 6.10 Å². The first-order valence-electron chi connectivity index (χ1n) is 5.02. The van der Waals surface area contributed by atoms with Crippen molar-refractivity contribution in [2.24, 2.45) is 0 Å². The van der Waals surface area contributed by atoms with Gasteiger partial charge in [-0.25, -0.2) is 0 Å². The van der Waals surface area contributed by atoms with E-state index in [0.29, 0.717) is 5.56 Å². The van der Waals surface area contributed by atoms with Crippen molar-refractivity contribution in [3.8, 4) is 0 Å². The lowest BCUT2D eigenvalue weighted by Gasteiger charge is -2.22. The van der Waals surface area contributed by atoms with Crippen LogP contribution in [0.5, 0.6) is 0 Å². The highest BCUT2D eigenvalue weighted by atomic mass is 16.3. The zero-order valence-electron chi connectivity index (χ0n) is 8.81. The number of hydrogen-bond acceptors (Lipinski definition) is 3. The minimum Gasteiger partial charge on any atom is -0.400 e. The molecule has 1 atom stereocenters. The summed E-state index contributed by atoms with van der Waals surface area (Å²) in [4.78, 5) is 10.7. The maximum Gasteiger partial charge on any atom is 0.150 e. The summed E-state index contributed by atoms with van der Waals surface area (Å²) in [6.07, 6.45) is 3.15. The van der Waals surface area contributed by atoms with Crippen molar-refractivity contribution in [3.05, 3.63) is 34.9 Å². The maximum absolute atomic E-state index is 10.7. The molecule has 1 aliphatic carbocycles. The molecular formula is C12H16O3. The van der Waals surface area contributed by atoms with Crippen LogP contribution in [0.3, 0.4) is 0 Å². The molecule has 2 N–H and O–H groups in total. The van der Waals surface area contributed by atoms with E-state index < -0.39 is 6.10 Å². The SMILES string of the molecule is CO.O=Cc1cccc2c1C(O)CCC2.